The van der Waals surface area contributed by atoms with Crippen LogP contribution in [0.5, 0.6) is 0 Å². The van der Waals surface area contributed by atoms with Gasteiger partial charge in [-0.15, -0.1) is 0 Å². The number of esters is 3. The molecule has 0 rings (SSSR count). The Bertz CT molecular complexity index is 1790. The number of hydrogen-bond acceptors (Lipinski definition) is 6. The Morgan fingerprint density at radius 3 is 0.762 bits per heavy atom. The van der Waals surface area contributed by atoms with Gasteiger partial charge in [-0.2, -0.15) is 0 Å². The number of rotatable bonds is 57. The molecule has 450 valence electrons. The molecular weight excluding hydrogens is 985 g/mol. The van der Waals surface area contributed by atoms with Crippen molar-refractivity contribution < 1.29 is 28.6 Å². The third-order valence-electron chi connectivity index (χ3n) is 13.3. The minimum atomic E-state index is -0.798. The molecule has 0 heterocycles. The Balaban J connectivity index is 4.29. The molecule has 0 aliphatic rings. The molecule has 0 aromatic heterocycles. The number of carbonyl (C=O) groups excluding carboxylic acids is 3. The molecule has 0 aromatic carbocycles. The fourth-order valence-electron chi connectivity index (χ4n) is 8.48. The molecule has 0 spiro atoms. The van der Waals surface area contributed by atoms with Crippen LogP contribution in [0.3, 0.4) is 0 Å². The van der Waals surface area contributed by atoms with E-state index in [0.29, 0.717) is 19.3 Å². The van der Waals surface area contributed by atoms with E-state index >= 15 is 0 Å². The summed E-state index contributed by atoms with van der Waals surface area (Å²) in [6.07, 6.45) is 96.9. The Morgan fingerprint density at radius 1 is 0.263 bits per heavy atom. The lowest BCUT2D eigenvalue weighted by Gasteiger charge is -2.18. The SMILES string of the molecule is CC/C=C\C/C=C\C/C=C\C/C=C\C/C=C\C/C=C\C/C=C\C/C=C\CCCCCCC(=O)OCC(COC(=O)CCCCCCCCCC)OC(=O)CCCCCCCCCCC/C=C\C/C=C\C/C=C\C/C=C\C/C=C\CC. The third-order valence-corrected chi connectivity index (χ3v) is 13.3. The van der Waals surface area contributed by atoms with Crippen LogP contribution in [0.2, 0.25) is 0 Å². The lowest BCUT2D eigenvalue weighted by molar-refractivity contribution is -0.167. The quantitative estimate of drug-likeness (QED) is 0.0261. The first-order valence-electron chi connectivity index (χ1n) is 32.5. The van der Waals surface area contributed by atoms with Gasteiger partial charge >= 0.3 is 17.9 Å². The minimum absolute atomic E-state index is 0.0933. The van der Waals surface area contributed by atoms with Gasteiger partial charge in [0.05, 0.1) is 0 Å². The van der Waals surface area contributed by atoms with Crippen molar-refractivity contribution in [2.75, 3.05) is 13.2 Å². The summed E-state index contributed by atoms with van der Waals surface area (Å²) in [6.45, 7) is 6.35. The summed E-state index contributed by atoms with van der Waals surface area (Å²) in [5.41, 5.74) is 0. The van der Waals surface area contributed by atoms with Crippen LogP contribution in [0.4, 0.5) is 0 Å². The Kier molecular flexibility index (Phi) is 62.4. The van der Waals surface area contributed by atoms with Crippen LogP contribution in [0.1, 0.15) is 271 Å². The number of ether oxygens (including phenoxy) is 3. The van der Waals surface area contributed by atoms with Crippen molar-refractivity contribution in [2.45, 2.75) is 277 Å². The first-order valence-corrected chi connectivity index (χ1v) is 32.5. The Hall–Kier alpha value is -4.97. The second-order valence-electron chi connectivity index (χ2n) is 20.9. The molecule has 80 heavy (non-hydrogen) atoms. The average Bonchev–Trinajstić information content (AvgIpc) is 3.46. The van der Waals surface area contributed by atoms with Crippen molar-refractivity contribution >= 4 is 17.9 Å². The van der Waals surface area contributed by atoms with Gasteiger partial charge in [-0.1, -0.05) is 281 Å². The molecule has 0 amide bonds. The highest BCUT2D eigenvalue weighted by atomic mass is 16.6. The maximum atomic E-state index is 12.9. The highest BCUT2D eigenvalue weighted by Crippen LogP contribution is 2.15. The van der Waals surface area contributed by atoms with E-state index < -0.39 is 6.10 Å². The van der Waals surface area contributed by atoms with Gasteiger partial charge in [0.25, 0.3) is 0 Å². The van der Waals surface area contributed by atoms with E-state index in [9.17, 15) is 14.4 Å². The first-order chi connectivity index (χ1) is 39.5. The van der Waals surface area contributed by atoms with Gasteiger partial charge in [-0.3, -0.25) is 14.4 Å². The molecule has 0 aliphatic carbocycles. The van der Waals surface area contributed by atoms with Crippen molar-refractivity contribution in [1.29, 1.82) is 0 Å². The second kappa shape index (κ2) is 66.5. The fourth-order valence-corrected chi connectivity index (χ4v) is 8.48. The zero-order valence-corrected chi connectivity index (χ0v) is 51.5. The topological polar surface area (TPSA) is 78.9 Å². The molecule has 0 bridgehead atoms. The summed E-state index contributed by atoms with van der Waals surface area (Å²) >= 11 is 0. The normalized spacial score (nSPS) is 13.2. The van der Waals surface area contributed by atoms with Gasteiger partial charge in [0, 0.05) is 19.3 Å². The predicted molar refractivity (Wildman–Crippen MR) is 348 cm³/mol. The van der Waals surface area contributed by atoms with E-state index in [-0.39, 0.29) is 31.1 Å². The van der Waals surface area contributed by atoms with E-state index in [2.05, 4.69) is 179 Å². The minimum Gasteiger partial charge on any atom is -0.462 e. The standard InChI is InChI=1S/C74H118O6/c1-4-7-10-13-16-19-21-23-25-27-29-31-33-35-36-37-38-40-41-43-45-47-49-51-53-55-58-61-64-67-73(76)79-70-71(69-78-72(75)66-63-60-57-18-15-12-9-6-3)80-74(77)68-65-62-59-56-54-52-50-48-46-44-42-39-34-32-30-28-26-24-22-20-17-14-11-8-5-2/h7-8,10-11,16-17,19-20,23-26,29-32,35-36,38-40,42-43,45,49,51,71H,4-6,9,12-15,18,21-22,27-28,33-34,37,41,44,46-48,50,52-70H2,1-3H3/b10-7-,11-8-,19-16-,20-17-,25-23-,26-24-,31-29-,32-30-,36-35-,40-38-,42-39-,45-43-,51-49-. The van der Waals surface area contributed by atoms with Gasteiger partial charge < -0.3 is 14.2 Å². The van der Waals surface area contributed by atoms with Gasteiger partial charge in [0.15, 0.2) is 6.10 Å². The molecule has 0 radical (unpaired) electrons. The molecule has 0 aromatic rings. The zero-order chi connectivity index (χ0) is 57.8. The highest BCUT2D eigenvalue weighted by Gasteiger charge is 2.19. The van der Waals surface area contributed by atoms with Crippen molar-refractivity contribution in [2.24, 2.45) is 0 Å². The number of carbonyl (C=O) groups is 3. The van der Waals surface area contributed by atoms with Crippen LogP contribution < -0.4 is 0 Å². The third kappa shape index (κ3) is 63.9. The summed E-state index contributed by atoms with van der Waals surface area (Å²) < 4.78 is 16.8. The van der Waals surface area contributed by atoms with Crippen LogP contribution in [0.25, 0.3) is 0 Å². The molecule has 0 fully saturated rings. The number of allylic oxidation sites excluding steroid dienone is 26. The molecule has 1 atom stereocenters. The van der Waals surface area contributed by atoms with Crippen molar-refractivity contribution in [1.82, 2.24) is 0 Å². The van der Waals surface area contributed by atoms with Gasteiger partial charge in [0.2, 0.25) is 0 Å². The molecule has 0 aliphatic heterocycles. The largest absolute Gasteiger partial charge is 0.462 e. The van der Waals surface area contributed by atoms with Gasteiger partial charge in [-0.05, 0) is 128 Å². The lowest BCUT2D eigenvalue weighted by atomic mass is 10.1. The van der Waals surface area contributed by atoms with Crippen molar-refractivity contribution in [3.05, 3.63) is 158 Å². The van der Waals surface area contributed by atoms with Crippen molar-refractivity contribution in [3.63, 3.8) is 0 Å². The summed E-state index contributed by atoms with van der Waals surface area (Å²) in [4.78, 5) is 38.2. The van der Waals surface area contributed by atoms with Crippen LogP contribution in [0.15, 0.2) is 158 Å². The van der Waals surface area contributed by atoms with E-state index in [0.717, 1.165) is 161 Å². The van der Waals surface area contributed by atoms with Gasteiger partial charge in [0.1, 0.15) is 13.2 Å². The molecule has 6 nitrogen and oxygen atoms in total. The Morgan fingerprint density at radius 2 is 0.487 bits per heavy atom. The van der Waals surface area contributed by atoms with E-state index in [1.54, 1.807) is 0 Å². The Labute approximate surface area is 492 Å². The van der Waals surface area contributed by atoms with Crippen LogP contribution in [0, 0.1) is 0 Å². The lowest BCUT2D eigenvalue weighted by Crippen LogP contribution is -2.30. The summed E-state index contributed by atoms with van der Waals surface area (Å²) in [6, 6.07) is 0. The monoisotopic (exact) mass is 1100 g/mol. The fraction of sp³-hybridized carbons (Fsp3) is 0.608. The molecule has 0 saturated heterocycles. The van der Waals surface area contributed by atoms with Gasteiger partial charge in [-0.25, -0.2) is 0 Å². The molecule has 6 heteroatoms. The summed E-state index contributed by atoms with van der Waals surface area (Å²) in [5, 5.41) is 0. The van der Waals surface area contributed by atoms with E-state index in [1.165, 1.54) is 70.6 Å². The molecule has 1 unspecified atom stereocenters. The van der Waals surface area contributed by atoms with Crippen molar-refractivity contribution in [3.8, 4) is 0 Å². The summed E-state index contributed by atoms with van der Waals surface area (Å²) in [7, 11) is 0. The van der Waals surface area contributed by atoms with Crippen LogP contribution in [-0.4, -0.2) is 37.2 Å². The van der Waals surface area contributed by atoms with Crippen LogP contribution >= 0.6 is 0 Å². The van der Waals surface area contributed by atoms with Crippen LogP contribution in [-0.2, 0) is 28.6 Å². The summed E-state index contributed by atoms with van der Waals surface area (Å²) in [5.74, 6) is -0.933. The maximum absolute atomic E-state index is 12.9. The highest BCUT2D eigenvalue weighted by molar-refractivity contribution is 5.71. The predicted octanol–water partition coefficient (Wildman–Crippen LogP) is 22.5. The molecule has 0 N–H and O–H groups in total. The maximum Gasteiger partial charge on any atom is 0.306 e. The average molecular weight is 1100 g/mol. The van der Waals surface area contributed by atoms with E-state index in [4.69, 9.17) is 14.2 Å². The molecular formula is C74H118O6. The molecule has 0 saturated carbocycles. The smallest absolute Gasteiger partial charge is 0.306 e. The first kappa shape index (κ1) is 75.0. The number of hydrogen-bond donors (Lipinski definition) is 0. The zero-order valence-electron chi connectivity index (χ0n) is 51.5. The number of unbranched alkanes of at least 4 members (excludes halogenated alkanes) is 20. The van der Waals surface area contributed by atoms with E-state index in [1.807, 2.05) is 0 Å². The second-order valence-corrected chi connectivity index (χ2v) is 20.9.